The fourth-order valence-electron chi connectivity index (χ4n) is 2.42. The van der Waals surface area contributed by atoms with E-state index in [1.54, 1.807) is 31.2 Å². The molecule has 1 aromatic carbocycles. The third-order valence-electron chi connectivity index (χ3n) is 3.61. The Bertz CT molecular complexity index is 513. The highest BCUT2D eigenvalue weighted by Gasteiger charge is 2.14. The summed E-state index contributed by atoms with van der Waals surface area (Å²) in [6.45, 7) is 2.42. The minimum absolute atomic E-state index is 0.0913. The highest BCUT2D eigenvalue weighted by molar-refractivity contribution is 6.30. The molecule has 1 amide bonds. The average Bonchev–Trinajstić information content (AvgIpc) is 2.48. The second-order valence-corrected chi connectivity index (χ2v) is 5.80. The minimum atomic E-state index is -0.524. The highest BCUT2D eigenvalue weighted by Crippen LogP contribution is 2.20. The molecule has 114 valence electrons. The van der Waals surface area contributed by atoms with Crippen molar-refractivity contribution in [2.45, 2.75) is 45.1 Å². The molecule has 1 aliphatic carbocycles. The van der Waals surface area contributed by atoms with Crippen LogP contribution in [0.5, 0.6) is 5.75 Å². The van der Waals surface area contributed by atoms with Gasteiger partial charge in [0.2, 0.25) is 0 Å². The summed E-state index contributed by atoms with van der Waals surface area (Å²) in [6, 6.07) is 7.08. The number of rotatable bonds is 6. The van der Waals surface area contributed by atoms with E-state index in [-0.39, 0.29) is 5.91 Å². The van der Waals surface area contributed by atoms with Crippen LogP contribution in [-0.2, 0) is 4.79 Å². The number of ether oxygens (including phenoxy) is 1. The minimum Gasteiger partial charge on any atom is -0.481 e. The number of benzene rings is 1. The van der Waals surface area contributed by atoms with Crippen molar-refractivity contribution in [3.63, 3.8) is 0 Å². The molecule has 1 aromatic rings. The predicted octanol–water partition coefficient (Wildman–Crippen LogP) is 4.11. The summed E-state index contributed by atoms with van der Waals surface area (Å²) in [5.74, 6) is 0.520. The van der Waals surface area contributed by atoms with E-state index in [9.17, 15) is 4.79 Å². The Labute approximate surface area is 131 Å². The summed E-state index contributed by atoms with van der Waals surface area (Å²) in [5, 5.41) is 3.53. The lowest BCUT2D eigenvalue weighted by molar-refractivity contribution is -0.127. The summed E-state index contributed by atoms with van der Waals surface area (Å²) >= 11 is 5.89. The lowest BCUT2D eigenvalue weighted by Gasteiger charge is -2.16. The molecule has 0 spiro atoms. The molecule has 0 fully saturated rings. The molecule has 0 radical (unpaired) electrons. The normalized spacial score (nSPS) is 16.0. The highest BCUT2D eigenvalue weighted by atomic mass is 35.5. The Kier molecular flexibility index (Phi) is 6.12. The first kappa shape index (κ1) is 15.9. The third-order valence-corrected chi connectivity index (χ3v) is 3.84. The van der Waals surface area contributed by atoms with Gasteiger partial charge < -0.3 is 10.1 Å². The fraction of sp³-hybridized carbons (Fsp3) is 0.471. The number of hydrogen-bond donors (Lipinski definition) is 1. The van der Waals surface area contributed by atoms with Crippen molar-refractivity contribution in [2.24, 2.45) is 0 Å². The smallest absolute Gasteiger partial charge is 0.260 e. The van der Waals surface area contributed by atoms with Gasteiger partial charge in [-0.15, -0.1) is 0 Å². The van der Waals surface area contributed by atoms with Crippen molar-refractivity contribution >= 4 is 17.5 Å². The maximum absolute atomic E-state index is 12.0. The molecule has 21 heavy (non-hydrogen) atoms. The van der Waals surface area contributed by atoms with E-state index >= 15 is 0 Å². The second-order valence-electron chi connectivity index (χ2n) is 5.37. The topological polar surface area (TPSA) is 38.3 Å². The van der Waals surface area contributed by atoms with Crippen molar-refractivity contribution in [1.82, 2.24) is 5.32 Å². The van der Waals surface area contributed by atoms with Gasteiger partial charge in [0.05, 0.1) is 0 Å². The van der Waals surface area contributed by atoms with E-state index in [2.05, 4.69) is 11.4 Å². The summed E-state index contributed by atoms with van der Waals surface area (Å²) < 4.78 is 5.59. The number of amides is 1. The fourth-order valence-corrected chi connectivity index (χ4v) is 2.60. The molecule has 0 aliphatic heterocycles. The lowest BCUT2D eigenvalue weighted by atomic mass is 9.97. The molecule has 0 heterocycles. The van der Waals surface area contributed by atoms with Crippen molar-refractivity contribution in [1.29, 1.82) is 0 Å². The zero-order chi connectivity index (χ0) is 15.1. The number of halogens is 1. The summed E-state index contributed by atoms with van der Waals surface area (Å²) in [7, 11) is 0. The second kappa shape index (κ2) is 8.08. The van der Waals surface area contributed by atoms with Crippen LogP contribution < -0.4 is 10.1 Å². The van der Waals surface area contributed by atoms with Gasteiger partial charge in [-0.1, -0.05) is 29.3 Å². The van der Waals surface area contributed by atoms with Crippen LogP contribution in [0.4, 0.5) is 0 Å². The third kappa shape index (κ3) is 5.43. The summed E-state index contributed by atoms with van der Waals surface area (Å²) in [5.41, 5.74) is 1.46. The SMILES string of the molecule is C[C@H](Oc1cccc(Cl)c1)C(=O)NCCC1=CCCCC1. The van der Waals surface area contributed by atoms with Crippen LogP contribution in [-0.4, -0.2) is 18.6 Å². The Balaban J connectivity index is 1.73. The van der Waals surface area contributed by atoms with Crippen LogP contribution in [0.1, 0.15) is 39.0 Å². The number of nitrogens with one attached hydrogen (secondary N) is 1. The van der Waals surface area contributed by atoms with Gasteiger partial charge in [0.15, 0.2) is 6.10 Å². The van der Waals surface area contributed by atoms with Crippen LogP contribution in [0.3, 0.4) is 0 Å². The summed E-state index contributed by atoms with van der Waals surface area (Å²) in [4.78, 5) is 12.0. The van der Waals surface area contributed by atoms with Crippen molar-refractivity contribution in [3.8, 4) is 5.75 Å². The van der Waals surface area contributed by atoms with E-state index < -0.39 is 6.10 Å². The molecule has 2 rings (SSSR count). The monoisotopic (exact) mass is 307 g/mol. The molecule has 0 aromatic heterocycles. The molecule has 0 unspecified atom stereocenters. The number of allylic oxidation sites excluding steroid dienone is 1. The molecule has 0 bridgehead atoms. The van der Waals surface area contributed by atoms with Gasteiger partial charge in [0.1, 0.15) is 5.75 Å². The maximum Gasteiger partial charge on any atom is 0.260 e. The zero-order valence-electron chi connectivity index (χ0n) is 12.4. The molecular weight excluding hydrogens is 286 g/mol. The van der Waals surface area contributed by atoms with Crippen molar-refractivity contribution < 1.29 is 9.53 Å². The van der Waals surface area contributed by atoms with Gasteiger partial charge in [-0.2, -0.15) is 0 Å². The summed E-state index contributed by atoms with van der Waals surface area (Å²) in [6.07, 6.45) is 7.64. The quantitative estimate of drug-likeness (QED) is 0.803. The predicted molar refractivity (Wildman–Crippen MR) is 85.7 cm³/mol. The molecule has 0 saturated heterocycles. The molecule has 4 heteroatoms. The van der Waals surface area contributed by atoms with Crippen molar-refractivity contribution in [3.05, 3.63) is 40.9 Å². The molecular formula is C17H22ClNO2. The van der Waals surface area contributed by atoms with Crippen LogP contribution >= 0.6 is 11.6 Å². The van der Waals surface area contributed by atoms with E-state index in [0.29, 0.717) is 17.3 Å². The largest absolute Gasteiger partial charge is 0.481 e. The van der Waals surface area contributed by atoms with Gasteiger partial charge in [0, 0.05) is 11.6 Å². The Morgan fingerprint density at radius 2 is 2.29 bits per heavy atom. The van der Waals surface area contributed by atoms with Gasteiger partial charge in [0.25, 0.3) is 5.91 Å². The van der Waals surface area contributed by atoms with Crippen LogP contribution in [0.15, 0.2) is 35.9 Å². The average molecular weight is 308 g/mol. The Morgan fingerprint density at radius 1 is 1.43 bits per heavy atom. The molecule has 3 nitrogen and oxygen atoms in total. The van der Waals surface area contributed by atoms with E-state index in [4.69, 9.17) is 16.3 Å². The first-order valence-corrected chi connectivity index (χ1v) is 7.91. The molecule has 0 saturated carbocycles. The number of carbonyl (C=O) groups excluding carboxylic acids is 1. The van der Waals surface area contributed by atoms with Crippen LogP contribution in [0.25, 0.3) is 0 Å². The van der Waals surface area contributed by atoms with E-state index in [0.717, 1.165) is 6.42 Å². The van der Waals surface area contributed by atoms with Gasteiger partial charge >= 0.3 is 0 Å². The standard InChI is InChI=1S/C17H22ClNO2/c1-13(21-16-9-5-8-15(18)12-16)17(20)19-11-10-14-6-3-2-4-7-14/h5-6,8-9,12-13H,2-4,7,10-11H2,1H3,(H,19,20)/t13-/m0/s1. The molecule has 1 N–H and O–H groups in total. The van der Waals surface area contributed by atoms with E-state index in [1.807, 2.05) is 0 Å². The molecule has 1 aliphatic rings. The number of carbonyl (C=O) groups is 1. The first-order chi connectivity index (χ1) is 10.1. The van der Waals surface area contributed by atoms with E-state index in [1.165, 1.54) is 31.3 Å². The Morgan fingerprint density at radius 3 is 3.00 bits per heavy atom. The first-order valence-electron chi connectivity index (χ1n) is 7.53. The van der Waals surface area contributed by atoms with Gasteiger partial charge in [-0.05, 0) is 57.2 Å². The van der Waals surface area contributed by atoms with Crippen molar-refractivity contribution in [2.75, 3.05) is 6.54 Å². The maximum atomic E-state index is 12.0. The number of hydrogen-bond acceptors (Lipinski definition) is 2. The van der Waals surface area contributed by atoms with Gasteiger partial charge in [-0.25, -0.2) is 0 Å². The lowest BCUT2D eigenvalue weighted by Crippen LogP contribution is -2.36. The zero-order valence-corrected chi connectivity index (χ0v) is 13.2. The molecule has 1 atom stereocenters. The van der Waals surface area contributed by atoms with Gasteiger partial charge in [-0.3, -0.25) is 4.79 Å². The van der Waals surface area contributed by atoms with Crippen LogP contribution in [0.2, 0.25) is 5.02 Å². The van der Waals surface area contributed by atoms with Crippen LogP contribution in [0, 0.1) is 0 Å². The Hall–Kier alpha value is -1.48.